The smallest absolute Gasteiger partial charge is 0.178 e. The van der Waals surface area contributed by atoms with Crippen LogP contribution in [0, 0.1) is 0 Å². The SMILES string of the molecule is c1ccc(-c2c3ccccc3c(-c3ccc(-c4ccc5c(c4)oc4c5ccc5c6ccccc6oc54)cc3)c3ccccc23)cc1. The Morgan fingerprint density at radius 3 is 1.28 bits per heavy atom. The highest BCUT2D eigenvalue weighted by Gasteiger charge is 2.18. The van der Waals surface area contributed by atoms with Crippen molar-refractivity contribution >= 4 is 65.4 Å². The molecule has 0 aliphatic heterocycles. The molecule has 0 radical (unpaired) electrons. The number of hydrogen-bond donors (Lipinski definition) is 0. The van der Waals surface area contributed by atoms with Gasteiger partial charge in [0.25, 0.3) is 0 Å². The van der Waals surface area contributed by atoms with Gasteiger partial charge in [-0.3, -0.25) is 0 Å². The van der Waals surface area contributed by atoms with E-state index in [1.807, 2.05) is 18.2 Å². The van der Waals surface area contributed by atoms with E-state index in [-0.39, 0.29) is 0 Å². The van der Waals surface area contributed by atoms with E-state index >= 15 is 0 Å². The summed E-state index contributed by atoms with van der Waals surface area (Å²) in [6.45, 7) is 0. The van der Waals surface area contributed by atoms with Crippen LogP contribution in [0.3, 0.4) is 0 Å². The molecule has 2 heteroatoms. The Balaban J connectivity index is 1.11. The molecule has 0 aliphatic carbocycles. The van der Waals surface area contributed by atoms with Gasteiger partial charge in [-0.15, -0.1) is 0 Å². The van der Waals surface area contributed by atoms with E-state index in [4.69, 9.17) is 8.83 Å². The Labute approximate surface area is 264 Å². The first-order chi connectivity index (χ1) is 22.8. The van der Waals surface area contributed by atoms with Gasteiger partial charge >= 0.3 is 0 Å². The van der Waals surface area contributed by atoms with E-state index in [9.17, 15) is 0 Å². The third kappa shape index (κ3) is 3.65. The molecule has 2 aromatic heterocycles. The monoisotopic (exact) mass is 586 g/mol. The van der Waals surface area contributed by atoms with Crippen LogP contribution >= 0.6 is 0 Å². The second kappa shape index (κ2) is 9.69. The fraction of sp³-hybridized carbons (Fsp3) is 0. The predicted octanol–water partition coefficient (Wildman–Crippen LogP) is 12.8. The quantitative estimate of drug-likeness (QED) is 0.193. The first kappa shape index (κ1) is 25.2. The predicted molar refractivity (Wildman–Crippen MR) is 192 cm³/mol. The van der Waals surface area contributed by atoms with Crippen molar-refractivity contribution in [2.75, 3.05) is 0 Å². The van der Waals surface area contributed by atoms with Gasteiger partial charge in [0, 0.05) is 21.5 Å². The van der Waals surface area contributed by atoms with Crippen molar-refractivity contribution in [2.24, 2.45) is 0 Å². The molecule has 214 valence electrons. The number of furan rings is 2. The lowest BCUT2D eigenvalue weighted by atomic mass is 9.86. The zero-order valence-electron chi connectivity index (χ0n) is 24.8. The van der Waals surface area contributed by atoms with Crippen LogP contribution in [0.2, 0.25) is 0 Å². The molecule has 8 aromatic carbocycles. The molecular weight excluding hydrogens is 560 g/mol. The van der Waals surface area contributed by atoms with Crippen molar-refractivity contribution in [3.05, 3.63) is 158 Å². The molecule has 2 heterocycles. The number of fused-ring (bicyclic) bond motifs is 9. The Morgan fingerprint density at radius 1 is 0.261 bits per heavy atom. The van der Waals surface area contributed by atoms with E-state index in [0.717, 1.165) is 55.0 Å². The number of benzene rings is 8. The molecule has 0 spiro atoms. The summed E-state index contributed by atoms with van der Waals surface area (Å²) in [5, 5.41) is 9.39. The van der Waals surface area contributed by atoms with Crippen molar-refractivity contribution in [3.8, 4) is 33.4 Å². The third-order valence-electron chi connectivity index (χ3n) is 9.49. The minimum atomic E-state index is 0.800. The standard InChI is InChI=1S/C44H26O2/c1-2-10-28(11-3-1)41-33-13-4-6-15-35(33)42(36-16-7-5-14-34(36)41)29-20-18-27(19-21-29)30-22-23-32-38-25-24-37-31-12-8-9-17-39(31)45-43(37)44(38)46-40(32)26-30/h1-26H. The highest BCUT2D eigenvalue weighted by Crippen LogP contribution is 2.44. The van der Waals surface area contributed by atoms with Crippen molar-refractivity contribution in [2.45, 2.75) is 0 Å². The zero-order chi connectivity index (χ0) is 30.2. The Morgan fingerprint density at radius 2 is 0.674 bits per heavy atom. The lowest BCUT2D eigenvalue weighted by Gasteiger charge is -2.18. The van der Waals surface area contributed by atoms with Crippen LogP contribution in [-0.2, 0) is 0 Å². The molecule has 0 amide bonds. The Bertz CT molecular complexity index is 2720. The number of hydrogen-bond acceptors (Lipinski definition) is 2. The molecule has 0 N–H and O–H groups in total. The van der Waals surface area contributed by atoms with Crippen molar-refractivity contribution in [3.63, 3.8) is 0 Å². The van der Waals surface area contributed by atoms with Crippen LogP contribution < -0.4 is 0 Å². The average molecular weight is 587 g/mol. The van der Waals surface area contributed by atoms with Crippen LogP contribution in [-0.4, -0.2) is 0 Å². The second-order valence-electron chi connectivity index (χ2n) is 12.0. The molecule has 0 saturated carbocycles. The maximum absolute atomic E-state index is 6.50. The van der Waals surface area contributed by atoms with Gasteiger partial charge in [-0.25, -0.2) is 0 Å². The summed E-state index contributed by atoms with van der Waals surface area (Å²) in [4.78, 5) is 0. The van der Waals surface area contributed by atoms with E-state index in [2.05, 4.69) is 140 Å². The van der Waals surface area contributed by atoms with Crippen molar-refractivity contribution < 1.29 is 8.83 Å². The van der Waals surface area contributed by atoms with Crippen LogP contribution in [0.15, 0.2) is 167 Å². The minimum absolute atomic E-state index is 0.800. The largest absolute Gasteiger partial charge is 0.452 e. The summed E-state index contributed by atoms with van der Waals surface area (Å²) in [7, 11) is 0. The van der Waals surface area contributed by atoms with Crippen LogP contribution in [0.1, 0.15) is 0 Å². The molecule has 46 heavy (non-hydrogen) atoms. The molecule has 0 fully saturated rings. The molecule has 2 nitrogen and oxygen atoms in total. The van der Waals surface area contributed by atoms with Gasteiger partial charge in [0.05, 0.1) is 0 Å². The van der Waals surface area contributed by atoms with E-state index < -0.39 is 0 Å². The highest BCUT2D eigenvalue weighted by molar-refractivity contribution is 6.22. The summed E-state index contributed by atoms with van der Waals surface area (Å²) in [5.74, 6) is 0. The maximum Gasteiger partial charge on any atom is 0.178 e. The molecule has 10 aromatic rings. The summed E-state index contributed by atoms with van der Waals surface area (Å²) in [5.41, 5.74) is 10.6. The molecule has 0 unspecified atom stereocenters. The lowest BCUT2D eigenvalue weighted by Crippen LogP contribution is -1.90. The van der Waals surface area contributed by atoms with Crippen LogP contribution in [0.4, 0.5) is 0 Å². The second-order valence-corrected chi connectivity index (χ2v) is 12.0. The normalized spacial score (nSPS) is 11.9. The number of rotatable bonds is 3. The highest BCUT2D eigenvalue weighted by atomic mass is 16.4. The topological polar surface area (TPSA) is 26.3 Å². The lowest BCUT2D eigenvalue weighted by molar-refractivity contribution is 0.633. The molecular formula is C44H26O2. The van der Waals surface area contributed by atoms with Crippen LogP contribution in [0.25, 0.3) is 98.8 Å². The van der Waals surface area contributed by atoms with Gasteiger partial charge in [0.15, 0.2) is 11.2 Å². The summed E-state index contributed by atoms with van der Waals surface area (Å²) in [6.07, 6.45) is 0. The van der Waals surface area contributed by atoms with E-state index in [1.54, 1.807) is 0 Å². The Kier molecular flexibility index (Phi) is 5.31. The minimum Gasteiger partial charge on any atom is -0.452 e. The van der Waals surface area contributed by atoms with Gasteiger partial charge in [-0.05, 0) is 85.3 Å². The molecule has 0 saturated heterocycles. The fourth-order valence-corrected chi connectivity index (χ4v) is 7.38. The Hall–Kier alpha value is -6.12. The molecule has 10 rings (SSSR count). The molecule has 0 bridgehead atoms. The maximum atomic E-state index is 6.50. The first-order valence-electron chi connectivity index (χ1n) is 15.7. The van der Waals surface area contributed by atoms with Crippen molar-refractivity contribution in [1.82, 2.24) is 0 Å². The van der Waals surface area contributed by atoms with Gasteiger partial charge in [0.1, 0.15) is 11.2 Å². The van der Waals surface area contributed by atoms with Gasteiger partial charge in [-0.2, -0.15) is 0 Å². The molecule has 0 aliphatic rings. The summed E-state index contributed by atoms with van der Waals surface area (Å²) >= 11 is 0. The van der Waals surface area contributed by atoms with E-state index in [1.165, 1.54) is 43.8 Å². The third-order valence-corrected chi connectivity index (χ3v) is 9.49. The molecule has 0 atom stereocenters. The van der Waals surface area contributed by atoms with Gasteiger partial charge in [0.2, 0.25) is 0 Å². The average Bonchev–Trinajstić information content (AvgIpc) is 3.69. The summed E-state index contributed by atoms with van der Waals surface area (Å²) < 4.78 is 12.8. The van der Waals surface area contributed by atoms with E-state index in [0.29, 0.717) is 0 Å². The fourth-order valence-electron chi connectivity index (χ4n) is 7.38. The van der Waals surface area contributed by atoms with Crippen molar-refractivity contribution in [1.29, 1.82) is 0 Å². The van der Waals surface area contributed by atoms with Crippen LogP contribution in [0.5, 0.6) is 0 Å². The zero-order valence-corrected chi connectivity index (χ0v) is 24.8. The number of para-hydroxylation sites is 1. The summed E-state index contributed by atoms with van der Waals surface area (Å²) in [6, 6.07) is 56.3. The first-order valence-corrected chi connectivity index (χ1v) is 15.7. The van der Waals surface area contributed by atoms with Gasteiger partial charge < -0.3 is 8.83 Å². The van der Waals surface area contributed by atoms with Gasteiger partial charge in [-0.1, -0.05) is 127 Å².